The topological polar surface area (TPSA) is 0 Å². The van der Waals surface area contributed by atoms with Crippen molar-refractivity contribution in [3.05, 3.63) is 12.2 Å². The van der Waals surface area contributed by atoms with Gasteiger partial charge in [-0.1, -0.05) is 28.1 Å². The smallest absolute Gasteiger partial charge is 0.171 e. The van der Waals surface area contributed by atoms with Crippen LogP contribution in [0.2, 0.25) is 0 Å². The molecule has 12 heavy (non-hydrogen) atoms. The van der Waals surface area contributed by atoms with E-state index >= 15 is 0 Å². The number of alkyl halides is 4. The molecule has 0 aromatic rings. The Balaban J connectivity index is 3.21. The van der Waals surface area contributed by atoms with Gasteiger partial charge in [0.2, 0.25) is 0 Å². The Morgan fingerprint density at radius 2 is 1.67 bits per heavy atom. The zero-order chi connectivity index (χ0) is 9.45. The third-order valence-corrected chi connectivity index (χ3v) is 1.73. The number of halogens is 4. The van der Waals surface area contributed by atoms with Crippen LogP contribution in [-0.2, 0) is 0 Å². The highest BCUT2D eigenvalue weighted by Gasteiger charge is 2.25. The molecule has 0 N–H and O–H groups in total. The van der Waals surface area contributed by atoms with Gasteiger partial charge in [0.25, 0.3) is 0 Å². The molecule has 0 unspecified atom stereocenters. The average molecular weight is 245 g/mol. The molecule has 0 atom stereocenters. The van der Waals surface area contributed by atoms with E-state index in [0.717, 1.165) is 11.8 Å². The van der Waals surface area contributed by atoms with Crippen LogP contribution in [0, 0.1) is 0 Å². The molecule has 72 valence electrons. The van der Waals surface area contributed by atoms with Crippen LogP contribution in [0.3, 0.4) is 0 Å². The van der Waals surface area contributed by atoms with Crippen molar-refractivity contribution >= 4 is 15.9 Å². The van der Waals surface area contributed by atoms with Gasteiger partial charge in [0.15, 0.2) is 0 Å². The fourth-order valence-corrected chi connectivity index (χ4v) is 0.983. The van der Waals surface area contributed by atoms with Gasteiger partial charge < -0.3 is 0 Å². The number of hydrogen-bond acceptors (Lipinski definition) is 0. The quantitative estimate of drug-likeness (QED) is 0.389. The largest absolute Gasteiger partial charge is 0.389 e. The molecule has 0 fully saturated rings. The molecule has 0 aliphatic carbocycles. The first-order chi connectivity index (χ1) is 5.56. The number of rotatable bonds is 5. The van der Waals surface area contributed by atoms with E-state index in [4.69, 9.17) is 0 Å². The van der Waals surface area contributed by atoms with E-state index in [1.807, 2.05) is 6.08 Å². The lowest BCUT2D eigenvalue weighted by molar-refractivity contribution is -0.135. The second-order valence-corrected chi connectivity index (χ2v) is 3.25. The third kappa shape index (κ3) is 10.0. The van der Waals surface area contributed by atoms with E-state index in [2.05, 4.69) is 15.9 Å². The molecule has 0 aliphatic rings. The van der Waals surface area contributed by atoms with Gasteiger partial charge in [-0.3, -0.25) is 0 Å². The lowest BCUT2D eigenvalue weighted by atomic mass is 10.2. The zero-order valence-electron chi connectivity index (χ0n) is 6.70. The fraction of sp³-hybridized carbons (Fsp3) is 0.750. The standard InChI is InChI=1S/C8H12BrF3/c9-7-5-3-1-2-4-6-8(10,11)12/h1,3H,2,4-7H2/b3-1+. The van der Waals surface area contributed by atoms with Gasteiger partial charge in [0.05, 0.1) is 0 Å². The molecule has 0 aromatic carbocycles. The van der Waals surface area contributed by atoms with Crippen LogP contribution < -0.4 is 0 Å². The normalized spacial score (nSPS) is 12.7. The van der Waals surface area contributed by atoms with E-state index in [9.17, 15) is 13.2 Å². The summed E-state index contributed by atoms with van der Waals surface area (Å²) in [6.45, 7) is 0. The summed E-state index contributed by atoms with van der Waals surface area (Å²) < 4.78 is 34.8. The summed E-state index contributed by atoms with van der Waals surface area (Å²) in [4.78, 5) is 0. The average Bonchev–Trinajstić information content (AvgIpc) is 1.94. The molecule has 0 radical (unpaired) electrons. The summed E-state index contributed by atoms with van der Waals surface area (Å²) in [5.74, 6) is 0. The van der Waals surface area contributed by atoms with Crippen molar-refractivity contribution in [1.82, 2.24) is 0 Å². The molecular formula is C8H12BrF3. The maximum atomic E-state index is 11.6. The van der Waals surface area contributed by atoms with E-state index in [1.54, 1.807) is 6.08 Å². The van der Waals surface area contributed by atoms with Crippen LogP contribution in [0.5, 0.6) is 0 Å². The minimum absolute atomic E-state index is 0.197. The number of allylic oxidation sites excluding steroid dienone is 2. The van der Waals surface area contributed by atoms with E-state index in [0.29, 0.717) is 6.42 Å². The van der Waals surface area contributed by atoms with Crippen LogP contribution in [0.4, 0.5) is 13.2 Å². The van der Waals surface area contributed by atoms with Gasteiger partial charge in [-0.15, -0.1) is 0 Å². The summed E-state index contributed by atoms with van der Waals surface area (Å²) in [6.07, 6.45) is 0.619. The Bertz CT molecular complexity index is 129. The number of unbranched alkanes of at least 4 members (excludes halogenated alkanes) is 1. The molecule has 4 heteroatoms. The second kappa shape index (κ2) is 6.52. The van der Waals surface area contributed by atoms with E-state index in [1.165, 1.54) is 0 Å². The van der Waals surface area contributed by atoms with Crippen molar-refractivity contribution in [1.29, 1.82) is 0 Å². The Labute approximate surface area is 79.0 Å². The minimum atomic E-state index is -4.00. The summed E-state index contributed by atoms with van der Waals surface area (Å²) in [5.41, 5.74) is 0. The van der Waals surface area contributed by atoms with Gasteiger partial charge >= 0.3 is 6.18 Å². The van der Waals surface area contributed by atoms with Crippen molar-refractivity contribution in [2.75, 3.05) is 5.33 Å². The predicted molar refractivity (Wildman–Crippen MR) is 47.5 cm³/mol. The molecule has 0 rings (SSSR count). The first kappa shape index (κ1) is 12.0. The Hall–Kier alpha value is 0.01000. The highest BCUT2D eigenvalue weighted by Crippen LogP contribution is 2.22. The van der Waals surface area contributed by atoms with Gasteiger partial charge in [-0.05, 0) is 19.3 Å². The SMILES string of the molecule is FC(F)(F)CCC/C=C/CCBr. The van der Waals surface area contributed by atoms with Gasteiger partial charge in [-0.25, -0.2) is 0 Å². The van der Waals surface area contributed by atoms with Gasteiger partial charge in [-0.2, -0.15) is 13.2 Å². The van der Waals surface area contributed by atoms with Crippen molar-refractivity contribution in [3.8, 4) is 0 Å². The molecule has 0 spiro atoms. The molecule has 0 nitrogen and oxygen atoms in total. The van der Waals surface area contributed by atoms with Crippen LogP contribution in [0.1, 0.15) is 25.7 Å². The van der Waals surface area contributed by atoms with Crippen LogP contribution in [0.25, 0.3) is 0 Å². The molecule has 0 amide bonds. The molecule has 0 heterocycles. The summed E-state index contributed by atoms with van der Waals surface area (Å²) in [5, 5.41) is 0.864. The highest BCUT2D eigenvalue weighted by molar-refractivity contribution is 9.09. The molecule has 0 aromatic heterocycles. The molecule has 0 bridgehead atoms. The lowest BCUT2D eigenvalue weighted by Crippen LogP contribution is -2.05. The van der Waals surface area contributed by atoms with Gasteiger partial charge in [0, 0.05) is 11.8 Å². The van der Waals surface area contributed by atoms with Crippen LogP contribution in [0.15, 0.2) is 12.2 Å². The predicted octanol–water partition coefficient (Wildman–Crippen LogP) is 4.06. The Morgan fingerprint density at radius 1 is 1.08 bits per heavy atom. The number of hydrogen-bond donors (Lipinski definition) is 0. The Morgan fingerprint density at radius 3 is 2.17 bits per heavy atom. The first-order valence-electron chi connectivity index (χ1n) is 3.84. The summed E-state index contributed by atoms with van der Waals surface area (Å²) in [6, 6.07) is 0. The highest BCUT2D eigenvalue weighted by atomic mass is 79.9. The molecule has 0 saturated carbocycles. The van der Waals surface area contributed by atoms with E-state index in [-0.39, 0.29) is 6.42 Å². The molecular weight excluding hydrogens is 233 g/mol. The van der Waals surface area contributed by atoms with Crippen molar-refractivity contribution in [2.45, 2.75) is 31.9 Å². The van der Waals surface area contributed by atoms with Gasteiger partial charge in [0.1, 0.15) is 0 Å². The van der Waals surface area contributed by atoms with Crippen molar-refractivity contribution in [2.24, 2.45) is 0 Å². The van der Waals surface area contributed by atoms with Crippen LogP contribution >= 0.6 is 15.9 Å². The lowest BCUT2D eigenvalue weighted by Gasteiger charge is -2.02. The third-order valence-electron chi connectivity index (χ3n) is 1.27. The fourth-order valence-electron chi connectivity index (χ4n) is 0.719. The summed E-state index contributed by atoms with van der Waals surface area (Å²) in [7, 11) is 0. The minimum Gasteiger partial charge on any atom is -0.171 e. The maximum absolute atomic E-state index is 11.6. The summed E-state index contributed by atoms with van der Waals surface area (Å²) >= 11 is 3.22. The maximum Gasteiger partial charge on any atom is 0.389 e. The second-order valence-electron chi connectivity index (χ2n) is 2.46. The van der Waals surface area contributed by atoms with Crippen molar-refractivity contribution < 1.29 is 13.2 Å². The van der Waals surface area contributed by atoms with E-state index < -0.39 is 12.6 Å². The van der Waals surface area contributed by atoms with Crippen molar-refractivity contribution in [3.63, 3.8) is 0 Å². The van der Waals surface area contributed by atoms with Crippen LogP contribution in [-0.4, -0.2) is 11.5 Å². The molecule has 0 aliphatic heterocycles. The monoisotopic (exact) mass is 244 g/mol. The zero-order valence-corrected chi connectivity index (χ0v) is 8.29. The Kier molecular flexibility index (Phi) is 6.52. The first-order valence-corrected chi connectivity index (χ1v) is 4.96. The molecule has 0 saturated heterocycles.